The topological polar surface area (TPSA) is 82.7 Å². The fourth-order valence-corrected chi connectivity index (χ4v) is 2.09. The van der Waals surface area contributed by atoms with Crippen LogP contribution in [-0.4, -0.2) is 39.7 Å². The molecule has 1 aliphatic heterocycles. The number of piperidine rings is 1. The number of hydrogen-bond acceptors (Lipinski definition) is 4. The number of aromatic nitrogens is 3. The standard InChI is InChI=1S/C11H19N5O/c1-11(5-2-3-6-14-11)10(17)12-7-4-9-13-8-15-16-9/h8,14H,2-7H2,1H3,(H,12,17)(H,13,15,16). The fraction of sp³-hybridized carbons (Fsp3) is 0.727. The molecule has 1 atom stereocenters. The van der Waals surface area contributed by atoms with E-state index >= 15 is 0 Å². The highest BCUT2D eigenvalue weighted by Crippen LogP contribution is 2.18. The van der Waals surface area contributed by atoms with Crippen LogP contribution >= 0.6 is 0 Å². The summed E-state index contributed by atoms with van der Waals surface area (Å²) in [5, 5.41) is 12.8. The van der Waals surface area contributed by atoms with Crippen LogP contribution in [0.1, 0.15) is 32.0 Å². The third-order valence-electron chi connectivity index (χ3n) is 3.23. The molecule has 3 N–H and O–H groups in total. The minimum Gasteiger partial charge on any atom is -0.354 e. The van der Waals surface area contributed by atoms with Crippen LogP contribution in [0.25, 0.3) is 0 Å². The largest absolute Gasteiger partial charge is 0.354 e. The Balaban J connectivity index is 1.76. The second-order valence-electron chi connectivity index (χ2n) is 4.65. The highest BCUT2D eigenvalue weighted by atomic mass is 16.2. The van der Waals surface area contributed by atoms with Crippen LogP contribution in [0.2, 0.25) is 0 Å². The van der Waals surface area contributed by atoms with Crippen molar-refractivity contribution in [2.75, 3.05) is 13.1 Å². The molecule has 0 radical (unpaired) electrons. The van der Waals surface area contributed by atoms with E-state index in [1.54, 1.807) is 0 Å². The van der Waals surface area contributed by atoms with Crippen molar-refractivity contribution in [3.05, 3.63) is 12.2 Å². The zero-order chi connectivity index (χ0) is 12.1. The monoisotopic (exact) mass is 237 g/mol. The van der Waals surface area contributed by atoms with Crippen LogP contribution in [0.5, 0.6) is 0 Å². The first-order chi connectivity index (χ1) is 8.21. The first-order valence-corrected chi connectivity index (χ1v) is 6.08. The SMILES string of the molecule is CC1(C(=O)NCCc2ncn[nH]2)CCCCN1. The fourth-order valence-electron chi connectivity index (χ4n) is 2.09. The molecule has 0 saturated carbocycles. The minimum atomic E-state index is -0.403. The van der Waals surface area contributed by atoms with E-state index < -0.39 is 5.54 Å². The van der Waals surface area contributed by atoms with Crippen molar-refractivity contribution in [2.24, 2.45) is 0 Å². The number of aromatic amines is 1. The van der Waals surface area contributed by atoms with Crippen molar-refractivity contribution in [1.82, 2.24) is 25.8 Å². The first-order valence-electron chi connectivity index (χ1n) is 6.08. The molecule has 1 fully saturated rings. The molecule has 2 heterocycles. The van der Waals surface area contributed by atoms with E-state index in [0.29, 0.717) is 13.0 Å². The molecule has 1 amide bonds. The summed E-state index contributed by atoms with van der Waals surface area (Å²) in [6, 6.07) is 0. The zero-order valence-corrected chi connectivity index (χ0v) is 10.1. The van der Waals surface area contributed by atoms with E-state index in [1.807, 2.05) is 6.92 Å². The molecule has 2 rings (SSSR count). The number of amides is 1. The number of nitrogens with zero attached hydrogens (tertiary/aromatic N) is 2. The van der Waals surface area contributed by atoms with Gasteiger partial charge in [-0.15, -0.1) is 0 Å². The summed E-state index contributed by atoms with van der Waals surface area (Å²) in [7, 11) is 0. The summed E-state index contributed by atoms with van der Waals surface area (Å²) < 4.78 is 0. The minimum absolute atomic E-state index is 0.0803. The summed E-state index contributed by atoms with van der Waals surface area (Å²) in [5.74, 6) is 0.878. The molecule has 94 valence electrons. The number of carbonyl (C=O) groups is 1. The molecule has 1 aromatic heterocycles. The number of carbonyl (C=O) groups excluding carboxylic acids is 1. The maximum Gasteiger partial charge on any atom is 0.240 e. The smallest absolute Gasteiger partial charge is 0.240 e. The number of hydrogen-bond donors (Lipinski definition) is 3. The van der Waals surface area contributed by atoms with Crippen LogP contribution in [-0.2, 0) is 11.2 Å². The van der Waals surface area contributed by atoms with Crippen molar-refractivity contribution in [3.63, 3.8) is 0 Å². The van der Waals surface area contributed by atoms with Crippen LogP contribution < -0.4 is 10.6 Å². The number of rotatable bonds is 4. The highest BCUT2D eigenvalue weighted by Gasteiger charge is 2.33. The van der Waals surface area contributed by atoms with Gasteiger partial charge in [0.1, 0.15) is 12.2 Å². The van der Waals surface area contributed by atoms with E-state index in [1.165, 1.54) is 6.33 Å². The van der Waals surface area contributed by atoms with Gasteiger partial charge in [0, 0.05) is 13.0 Å². The molecule has 1 aromatic rings. The quantitative estimate of drug-likeness (QED) is 0.688. The summed E-state index contributed by atoms with van der Waals surface area (Å²) >= 11 is 0. The zero-order valence-electron chi connectivity index (χ0n) is 10.1. The molecule has 0 bridgehead atoms. The Morgan fingerprint density at radius 3 is 3.12 bits per heavy atom. The Hall–Kier alpha value is -1.43. The van der Waals surface area contributed by atoms with Crippen molar-refractivity contribution in [2.45, 2.75) is 38.1 Å². The second-order valence-corrected chi connectivity index (χ2v) is 4.65. The summed E-state index contributed by atoms with van der Waals surface area (Å²) in [5.41, 5.74) is -0.403. The molecular weight excluding hydrogens is 218 g/mol. The number of H-pyrrole nitrogens is 1. The van der Waals surface area contributed by atoms with Gasteiger partial charge in [0.2, 0.25) is 5.91 Å². The molecule has 1 aliphatic rings. The van der Waals surface area contributed by atoms with Gasteiger partial charge in [-0.1, -0.05) is 0 Å². The van der Waals surface area contributed by atoms with Gasteiger partial charge in [0.15, 0.2) is 0 Å². The first kappa shape index (κ1) is 12.0. The van der Waals surface area contributed by atoms with Gasteiger partial charge in [-0.2, -0.15) is 5.10 Å². The van der Waals surface area contributed by atoms with E-state index in [0.717, 1.165) is 31.6 Å². The lowest BCUT2D eigenvalue weighted by Gasteiger charge is -2.33. The summed E-state index contributed by atoms with van der Waals surface area (Å²) in [6.45, 7) is 3.48. The average molecular weight is 237 g/mol. The maximum absolute atomic E-state index is 12.0. The van der Waals surface area contributed by atoms with Gasteiger partial charge in [0.25, 0.3) is 0 Å². The Labute approximate surface area is 101 Å². The molecule has 0 aromatic carbocycles. The third-order valence-corrected chi connectivity index (χ3v) is 3.23. The number of nitrogens with one attached hydrogen (secondary N) is 3. The van der Waals surface area contributed by atoms with E-state index in [9.17, 15) is 4.79 Å². The molecule has 17 heavy (non-hydrogen) atoms. The lowest BCUT2D eigenvalue weighted by atomic mass is 9.90. The second kappa shape index (κ2) is 5.27. The van der Waals surface area contributed by atoms with Gasteiger partial charge in [-0.05, 0) is 32.7 Å². The average Bonchev–Trinajstić information content (AvgIpc) is 2.83. The van der Waals surface area contributed by atoms with Crippen LogP contribution in [0, 0.1) is 0 Å². The van der Waals surface area contributed by atoms with E-state index in [-0.39, 0.29) is 5.91 Å². The van der Waals surface area contributed by atoms with Gasteiger partial charge < -0.3 is 10.6 Å². The molecule has 0 aliphatic carbocycles. The third kappa shape index (κ3) is 3.03. The molecule has 0 spiro atoms. The van der Waals surface area contributed by atoms with Crippen LogP contribution in [0.3, 0.4) is 0 Å². The predicted molar refractivity (Wildman–Crippen MR) is 63.4 cm³/mol. The maximum atomic E-state index is 12.0. The van der Waals surface area contributed by atoms with Gasteiger partial charge in [-0.25, -0.2) is 4.98 Å². The summed E-state index contributed by atoms with van der Waals surface area (Å²) in [4.78, 5) is 16.0. The Bertz CT molecular complexity index is 356. The van der Waals surface area contributed by atoms with Gasteiger partial charge in [0.05, 0.1) is 5.54 Å². The normalized spacial score (nSPS) is 24.5. The van der Waals surface area contributed by atoms with Gasteiger partial charge >= 0.3 is 0 Å². The lowest BCUT2D eigenvalue weighted by molar-refractivity contribution is -0.127. The molecule has 6 nitrogen and oxygen atoms in total. The Morgan fingerprint density at radius 1 is 1.59 bits per heavy atom. The van der Waals surface area contributed by atoms with Crippen molar-refractivity contribution in [3.8, 4) is 0 Å². The van der Waals surface area contributed by atoms with Crippen molar-refractivity contribution in [1.29, 1.82) is 0 Å². The highest BCUT2D eigenvalue weighted by molar-refractivity contribution is 5.85. The van der Waals surface area contributed by atoms with E-state index in [4.69, 9.17) is 0 Å². The van der Waals surface area contributed by atoms with Crippen molar-refractivity contribution < 1.29 is 4.79 Å². The Kier molecular flexibility index (Phi) is 3.73. The molecule has 1 unspecified atom stereocenters. The predicted octanol–water partition coefficient (Wildman–Crippen LogP) is -0.00440. The molecular formula is C11H19N5O. The van der Waals surface area contributed by atoms with Crippen LogP contribution in [0.4, 0.5) is 0 Å². The molecule has 6 heteroatoms. The van der Waals surface area contributed by atoms with E-state index in [2.05, 4.69) is 25.8 Å². The summed E-state index contributed by atoms with van der Waals surface area (Å²) in [6.07, 6.45) is 5.32. The van der Waals surface area contributed by atoms with Crippen LogP contribution in [0.15, 0.2) is 6.33 Å². The Morgan fingerprint density at radius 2 is 2.47 bits per heavy atom. The van der Waals surface area contributed by atoms with Gasteiger partial charge in [-0.3, -0.25) is 9.89 Å². The lowest BCUT2D eigenvalue weighted by Crippen LogP contribution is -2.57. The van der Waals surface area contributed by atoms with Crippen molar-refractivity contribution >= 4 is 5.91 Å². The molecule has 1 saturated heterocycles.